The molecule has 1 aromatic rings. The Labute approximate surface area is 88.9 Å². The number of hydrogen-bond donors (Lipinski definition) is 3. The molecule has 3 N–H and O–H groups in total. The molecule has 0 bridgehead atoms. The van der Waals surface area contributed by atoms with Crippen molar-refractivity contribution in [1.29, 1.82) is 5.41 Å². The normalized spacial score (nSPS) is 14.3. The number of nitrogens with one attached hydrogen (secondary N) is 3. The van der Waals surface area contributed by atoms with E-state index in [1.54, 1.807) is 0 Å². The first-order chi connectivity index (χ1) is 7.33. The lowest BCUT2D eigenvalue weighted by Crippen LogP contribution is -2.27. The molecule has 0 aliphatic carbocycles. The summed E-state index contributed by atoms with van der Waals surface area (Å²) in [6, 6.07) is 7.77. The Morgan fingerprint density at radius 1 is 1.47 bits per heavy atom. The molecule has 0 atom stereocenters. The second kappa shape index (κ2) is 4.13. The molecule has 78 valence electrons. The minimum Gasteiger partial charge on any atom is -0.388 e. The van der Waals surface area contributed by atoms with Gasteiger partial charge in [-0.05, 0) is 6.07 Å². The zero-order valence-corrected chi connectivity index (χ0v) is 8.67. The molecule has 1 aliphatic rings. The maximum atomic E-state index is 8.04. The van der Waals surface area contributed by atoms with E-state index in [-0.39, 0.29) is 0 Å². The first kappa shape index (κ1) is 9.71. The van der Waals surface area contributed by atoms with Crippen LogP contribution in [0, 0.1) is 5.41 Å². The third-order valence-electron chi connectivity index (χ3n) is 2.38. The summed E-state index contributed by atoms with van der Waals surface area (Å²) in [5.41, 5.74) is 2.30. The van der Waals surface area contributed by atoms with Gasteiger partial charge in [0.05, 0.1) is 6.54 Å². The number of rotatable bonds is 3. The van der Waals surface area contributed by atoms with Crippen LogP contribution >= 0.6 is 0 Å². The van der Waals surface area contributed by atoms with Crippen molar-refractivity contribution >= 4 is 17.2 Å². The quantitative estimate of drug-likeness (QED) is 0.643. The molecule has 0 radical (unpaired) electrons. The van der Waals surface area contributed by atoms with Crippen molar-refractivity contribution in [2.24, 2.45) is 4.99 Å². The average Bonchev–Trinajstić information content (AvgIpc) is 2.81. The number of amidine groups is 1. The summed E-state index contributed by atoms with van der Waals surface area (Å²) in [7, 11) is 1.86. The third kappa shape index (κ3) is 1.83. The minimum atomic E-state index is 0.456. The molecule has 0 saturated heterocycles. The van der Waals surface area contributed by atoms with Gasteiger partial charge in [0, 0.05) is 24.8 Å². The van der Waals surface area contributed by atoms with Crippen molar-refractivity contribution in [3.05, 3.63) is 29.8 Å². The first-order valence-electron chi connectivity index (χ1n) is 4.97. The molecule has 0 saturated carbocycles. The van der Waals surface area contributed by atoms with Gasteiger partial charge in [0.25, 0.3) is 0 Å². The molecule has 1 heterocycles. The molecule has 0 spiro atoms. The number of anilines is 1. The van der Waals surface area contributed by atoms with E-state index in [1.165, 1.54) is 0 Å². The molecule has 1 aliphatic heterocycles. The number of nitrogens with zero attached hydrogens (tertiary/aromatic N) is 1. The number of aliphatic imine (C=N–C) groups is 1. The highest BCUT2D eigenvalue weighted by Crippen LogP contribution is 2.15. The Morgan fingerprint density at radius 3 is 2.93 bits per heavy atom. The Balaban J connectivity index is 2.32. The molecular formula is C11H14N4. The SMILES string of the molecule is CNc1ccccc1C(=N)C1=NCCN1. The number of para-hydroxylation sites is 1. The van der Waals surface area contributed by atoms with Crippen molar-refractivity contribution in [1.82, 2.24) is 5.32 Å². The average molecular weight is 202 g/mol. The van der Waals surface area contributed by atoms with Crippen molar-refractivity contribution in [3.63, 3.8) is 0 Å². The van der Waals surface area contributed by atoms with Crippen molar-refractivity contribution in [2.45, 2.75) is 0 Å². The van der Waals surface area contributed by atoms with Crippen LogP contribution < -0.4 is 10.6 Å². The summed E-state index contributed by atoms with van der Waals surface area (Å²) in [6.07, 6.45) is 0. The van der Waals surface area contributed by atoms with Crippen LogP contribution in [0.3, 0.4) is 0 Å². The van der Waals surface area contributed by atoms with Gasteiger partial charge >= 0.3 is 0 Å². The zero-order valence-electron chi connectivity index (χ0n) is 8.67. The fraction of sp³-hybridized carbons (Fsp3) is 0.273. The molecule has 0 fully saturated rings. The molecule has 2 rings (SSSR count). The van der Waals surface area contributed by atoms with E-state index in [9.17, 15) is 0 Å². The van der Waals surface area contributed by atoms with E-state index in [0.29, 0.717) is 11.5 Å². The van der Waals surface area contributed by atoms with Gasteiger partial charge in [-0.15, -0.1) is 0 Å². The first-order valence-corrected chi connectivity index (χ1v) is 4.97. The van der Waals surface area contributed by atoms with Crippen LogP contribution in [-0.4, -0.2) is 31.7 Å². The highest BCUT2D eigenvalue weighted by Gasteiger charge is 2.15. The van der Waals surface area contributed by atoms with Crippen LogP contribution in [0.4, 0.5) is 5.69 Å². The Bertz CT molecular complexity index is 409. The fourth-order valence-electron chi connectivity index (χ4n) is 1.61. The maximum Gasteiger partial charge on any atom is 0.147 e. The smallest absolute Gasteiger partial charge is 0.147 e. The van der Waals surface area contributed by atoms with E-state index in [2.05, 4.69) is 15.6 Å². The van der Waals surface area contributed by atoms with E-state index >= 15 is 0 Å². The van der Waals surface area contributed by atoms with Gasteiger partial charge in [-0.1, -0.05) is 18.2 Å². The lowest BCUT2D eigenvalue weighted by atomic mass is 10.1. The topological polar surface area (TPSA) is 60.3 Å². The molecule has 0 aromatic heterocycles. The van der Waals surface area contributed by atoms with Gasteiger partial charge in [-0.3, -0.25) is 10.4 Å². The van der Waals surface area contributed by atoms with E-state index < -0.39 is 0 Å². The summed E-state index contributed by atoms with van der Waals surface area (Å²) in [5.74, 6) is 0.692. The maximum absolute atomic E-state index is 8.04. The molecule has 1 aromatic carbocycles. The van der Waals surface area contributed by atoms with Crippen molar-refractivity contribution in [2.75, 3.05) is 25.5 Å². The van der Waals surface area contributed by atoms with Crippen LogP contribution in [0.15, 0.2) is 29.3 Å². The van der Waals surface area contributed by atoms with E-state index in [1.807, 2.05) is 31.3 Å². The van der Waals surface area contributed by atoms with Gasteiger partial charge < -0.3 is 10.6 Å². The summed E-state index contributed by atoms with van der Waals surface area (Å²) in [4.78, 5) is 4.24. The van der Waals surface area contributed by atoms with Gasteiger partial charge in [-0.25, -0.2) is 0 Å². The van der Waals surface area contributed by atoms with Crippen LogP contribution in [-0.2, 0) is 0 Å². The predicted molar refractivity (Wildman–Crippen MR) is 63.1 cm³/mol. The standard InChI is InChI=1S/C11H14N4/c1-13-9-5-3-2-4-8(9)10(12)11-14-6-7-15-11/h2-5,12-13H,6-7H2,1H3,(H,14,15). The molecular weight excluding hydrogens is 188 g/mol. The second-order valence-corrected chi connectivity index (χ2v) is 3.33. The number of benzene rings is 1. The van der Waals surface area contributed by atoms with Crippen molar-refractivity contribution in [3.8, 4) is 0 Å². The fourth-order valence-corrected chi connectivity index (χ4v) is 1.61. The Hall–Kier alpha value is -1.84. The lowest BCUT2D eigenvalue weighted by Gasteiger charge is -2.10. The van der Waals surface area contributed by atoms with Crippen molar-refractivity contribution < 1.29 is 0 Å². The molecule has 15 heavy (non-hydrogen) atoms. The third-order valence-corrected chi connectivity index (χ3v) is 2.38. The molecule has 4 nitrogen and oxygen atoms in total. The lowest BCUT2D eigenvalue weighted by molar-refractivity contribution is 0.962. The Kier molecular flexibility index (Phi) is 2.67. The van der Waals surface area contributed by atoms with Gasteiger partial charge in [0.15, 0.2) is 0 Å². The van der Waals surface area contributed by atoms with Crippen LogP contribution in [0.1, 0.15) is 5.56 Å². The predicted octanol–water partition coefficient (Wildman–Crippen LogP) is 1.10. The minimum absolute atomic E-state index is 0.456. The molecule has 0 unspecified atom stereocenters. The van der Waals surface area contributed by atoms with E-state index in [4.69, 9.17) is 5.41 Å². The highest BCUT2D eigenvalue weighted by atomic mass is 15.1. The van der Waals surface area contributed by atoms with Gasteiger partial charge in [0.1, 0.15) is 11.5 Å². The van der Waals surface area contributed by atoms with Gasteiger partial charge in [0.2, 0.25) is 0 Å². The van der Waals surface area contributed by atoms with Crippen LogP contribution in [0.5, 0.6) is 0 Å². The zero-order chi connectivity index (χ0) is 10.7. The number of hydrogen-bond acceptors (Lipinski definition) is 4. The summed E-state index contributed by atoms with van der Waals surface area (Å²) in [6.45, 7) is 1.60. The molecule has 0 amide bonds. The van der Waals surface area contributed by atoms with Gasteiger partial charge in [-0.2, -0.15) is 0 Å². The van der Waals surface area contributed by atoms with Crippen LogP contribution in [0.2, 0.25) is 0 Å². The van der Waals surface area contributed by atoms with E-state index in [0.717, 1.165) is 24.3 Å². The summed E-state index contributed by atoms with van der Waals surface area (Å²) < 4.78 is 0. The largest absolute Gasteiger partial charge is 0.388 e. The van der Waals surface area contributed by atoms with Crippen LogP contribution in [0.25, 0.3) is 0 Å². The molecule has 4 heteroatoms. The Morgan fingerprint density at radius 2 is 2.27 bits per heavy atom. The summed E-state index contributed by atoms with van der Waals surface area (Å²) >= 11 is 0. The second-order valence-electron chi connectivity index (χ2n) is 3.33. The monoisotopic (exact) mass is 202 g/mol. The highest BCUT2D eigenvalue weighted by molar-refractivity contribution is 6.47. The summed E-state index contributed by atoms with van der Waals surface area (Å²) in [5, 5.41) is 14.2.